The van der Waals surface area contributed by atoms with Crippen molar-refractivity contribution >= 4 is 16.5 Å². The van der Waals surface area contributed by atoms with Crippen molar-refractivity contribution in [3.63, 3.8) is 0 Å². The minimum atomic E-state index is 0.440. The summed E-state index contributed by atoms with van der Waals surface area (Å²) in [4.78, 5) is 13.2. The number of nitrogens with one attached hydrogen (secondary N) is 1. The summed E-state index contributed by atoms with van der Waals surface area (Å²) >= 11 is 1.88. The predicted molar refractivity (Wildman–Crippen MR) is 80.1 cm³/mol. The van der Waals surface area contributed by atoms with E-state index in [2.05, 4.69) is 26.0 Å². The molecule has 0 fully saturated rings. The lowest BCUT2D eigenvalue weighted by Gasteiger charge is -2.27. The zero-order chi connectivity index (χ0) is 13.5. The third-order valence-corrected chi connectivity index (χ3v) is 5.50. The molecular weight excluding hydrogens is 270 g/mol. The molecule has 0 bridgehead atoms. The maximum atomic E-state index is 4.93. The molecule has 0 radical (unpaired) electrons. The molecule has 2 aromatic rings. The van der Waals surface area contributed by atoms with E-state index in [4.69, 9.17) is 4.98 Å². The van der Waals surface area contributed by atoms with Crippen molar-refractivity contribution in [1.29, 1.82) is 0 Å². The van der Waals surface area contributed by atoms with Crippen molar-refractivity contribution < 1.29 is 0 Å². The van der Waals surface area contributed by atoms with Gasteiger partial charge in [0.25, 0.3) is 0 Å². The van der Waals surface area contributed by atoms with Gasteiger partial charge >= 0.3 is 0 Å². The summed E-state index contributed by atoms with van der Waals surface area (Å²) in [6.07, 6.45) is 7.62. The van der Waals surface area contributed by atoms with Crippen molar-refractivity contribution in [2.75, 3.05) is 18.5 Å². The molecule has 1 aliphatic carbocycles. The second-order valence-corrected chi connectivity index (χ2v) is 6.56. The molecule has 2 aliphatic rings. The van der Waals surface area contributed by atoms with E-state index in [1.54, 1.807) is 0 Å². The summed E-state index contributed by atoms with van der Waals surface area (Å²) in [6.45, 7) is 2.92. The van der Waals surface area contributed by atoms with E-state index < -0.39 is 0 Å². The standard InChI is InChI=1S/C14H19N5S/c1-15-10-3-2-4-11-13(10)17-14(20-11)19-8-7-18-6-5-16-12(18)9-19/h5-6,10,15H,2-4,7-9H2,1H3. The van der Waals surface area contributed by atoms with E-state index in [-0.39, 0.29) is 0 Å². The summed E-state index contributed by atoms with van der Waals surface area (Å²) < 4.78 is 2.24. The van der Waals surface area contributed by atoms with E-state index >= 15 is 0 Å². The molecule has 1 aliphatic heterocycles. The molecular formula is C14H19N5S. The number of nitrogens with zero attached hydrogens (tertiary/aromatic N) is 4. The first-order valence-corrected chi connectivity index (χ1v) is 8.08. The van der Waals surface area contributed by atoms with Crippen LogP contribution >= 0.6 is 11.3 Å². The molecule has 1 N–H and O–H groups in total. The first-order valence-electron chi connectivity index (χ1n) is 7.27. The fraction of sp³-hybridized carbons (Fsp3) is 0.571. The molecule has 20 heavy (non-hydrogen) atoms. The van der Waals surface area contributed by atoms with Crippen molar-refractivity contribution in [2.45, 2.75) is 38.4 Å². The van der Waals surface area contributed by atoms with Gasteiger partial charge in [0.15, 0.2) is 5.13 Å². The van der Waals surface area contributed by atoms with Crippen LogP contribution in [-0.4, -0.2) is 28.1 Å². The van der Waals surface area contributed by atoms with E-state index in [9.17, 15) is 0 Å². The fourth-order valence-electron chi connectivity index (χ4n) is 3.16. The normalized spacial score (nSPS) is 21.6. The Labute approximate surface area is 122 Å². The Morgan fingerprint density at radius 2 is 2.35 bits per heavy atom. The molecule has 3 heterocycles. The molecule has 106 valence electrons. The van der Waals surface area contributed by atoms with Crippen LogP contribution in [0.5, 0.6) is 0 Å². The van der Waals surface area contributed by atoms with Crippen LogP contribution in [0, 0.1) is 0 Å². The van der Waals surface area contributed by atoms with Crippen LogP contribution in [0.2, 0.25) is 0 Å². The molecule has 0 aromatic carbocycles. The minimum Gasteiger partial charge on any atom is -0.339 e. The molecule has 4 rings (SSSR count). The molecule has 0 amide bonds. The van der Waals surface area contributed by atoms with Gasteiger partial charge in [0.2, 0.25) is 0 Å². The molecule has 0 saturated carbocycles. The fourth-order valence-corrected chi connectivity index (χ4v) is 4.35. The highest BCUT2D eigenvalue weighted by Crippen LogP contribution is 2.37. The monoisotopic (exact) mass is 289 g/mol. The SMILES string of the molecule is CNC1CCCc2sc(N3CCn4ccnc4C3)nc21. The summed E-state index contributed by atoms with van der Waals surface area (Å²) in [5.41, 5.74) is 1.28. The van der Waals surface area contributed by atoms with E-state index in [1.165, 1.54) is 35.0 Å². The molecule has 0 spiro atoms. The lowest BCUT2D eigenvalue weighted by molar-refractivity contribution is 0.488. The third-order valence-electron chi connectivity index (χ3n) is 4.31. The number of anilines is 1. The molecule has 1 unspecified atom stereocenters. The van der Waals surface area contributed by atoms with Gasteiger partial charge in [0.1, 0.15) is 5.82 Å². The van der Waals surface area contributed by atoms with Crippen LogP contribution in [0.3, 0.4) is 0 Å². The van der Waals surface area contributed by atoms with Crippen molar-refractivity contribution in [2.24, 2.45) is 0 Å². The lowest BCUT2D eigenvalue weighted by Crippen LogP contribution is -2.33. The van der Waals surface area contributed by atoms with Crippen molar-refractivity contribution in [3.05, 3.63) is 28.8 Å². The van der Waals surface area contributed by atoms with Crippen LogP contribution in [0.4, 0.5) is 5.13 Å². The average Bonchev–Trinajstić information content (AvgIpc) is 3.11. The van der Waals surface area contributed by atoms with E-state index in [1.807, 2.05) is 24.6 Å². The van der Waals surface area contributed by atoms with Crippen LogP contribution in [0.25, 0.3) is 0 Å². The van der Waals surface area contributed by atoms with Gasteiger partial charge in [-0.3, -0.25) is 0 Å². The first-order chi connectivity index (χ1) is 9.85. The Bertz CT molecular complexity index is 617. The van der Waals surface area contributed by atoms with Crippen LogP contribution in [-0.2, 0) is 19.5 Å². The van der Waals surface area contributed by atoms with Crippen molar-refractivity contribution in [1.82, 2.24) is 19.9 Å². The second kappa shape index (κ2) is 4.86. The number of fused-ring (bicyclic) bond motifs is 2. The van der Waals surface area contributed by atoms with Gasteiger partial charge in [-0.2, -0.15) is 0 Å². The lowest BCUT2D eigenvalue weighted by atomic mass is 9.98. The Kier molecular flexibility index (Phi) is 3.00. The van der Waals surface area contributed by atoms with E-state index in [0.29, 0.717) is 6.04 Å². The third kappa shape index (κ3) is 1.94. The largest absolute Gasteiger partial charge is 0.339 e. The summed E-state index contributed by atoms with van der Waals surface area (Å²) in [6, 6.07) is 0.440. The van der Waals surface area contributed by atoms with Gasteiger partial charge in [-0.15, -0.1) is 11.3 Å². The topological polar surface area (TPSA) is 46.0 Å². The van der Waals surface area contributed by atoms with Crippen LogP contribution < -0.4 is 10.2 Å². The second-order valence-electron chi connectivity index (χ2n) is 5.50. The molecule has 0 saturated heterocycles. The molecule has 6 heteroatoms. The molecule has 1 atom stereocenters. The van der Waals surface area contributed by atoms with Crippen LogP contribution in [0.15, 0.2) is 12.4 Å². The smallest absolute Gasteiger partial charge is 0.186 e. The predicted octanol–water partition coefficient (Wildman–Crippen LogP) is 1.96. The number of hydrogen-bond acceptors (Lipinski definition) is 5. The van der Waals surface area contributed by atoms with Crippen molar-refractivity contribution in [3.8, 4) is 0 Å². The van der Waals surface area contributed by atoms with Gasteiger partial charge in [0, 0.05) is 30.4 Å². The Hall–Kier alpha value is -1.40. The summed E-state index contributed by atoms with van der Waals surface area (Å²) in [5, 5.41) is 4.57. The highest BCUT2D eigenvalue weighted by molar-refractivity contribution is 7.15. The van der Waals surface area contributed by atoms with Gasteiger partial charge in [-0.05, 0) is 26.3 Å². The average molecular weight is 289 g/mol. The number of rotatable bonds is 2. The Morgan fingerprint density at radius 3 is 3.25 bits per heavy atom. The highest BCUT2D eigenvalue weighted by atomic mass is 32.1. The van der Waals surface area contributed by atoms with Crippen LogP contribution in [0.1, 0.15) is 35.3 Å². The summed E-state index contributed by atoms with van der Waals surface area (Å²) in [5.74, 6) is 1.15. The van der Waals surface area contributed by atoms with Gasteiger partial charge in [-0.1, -0.05) is 0 Å². The minimum absolute atomic E-state index is 0.440. The Balaban J connectivity index is 1.62. The Morgan fingerprint density at radius 1 is 1.40 bits per heavy atom. The zero-order valence-corrected chi connectivity index (χ0v) is 12.5. The maximum absolute atomic E-state index is 4.93. The highest BCUT2D eigenvalue weighted by Gasteiger charge is 2.26. The zero-order valence-electron chi connectivity index (χ0n) is 11.7. The number of thiazole rings is 1. The quantitative estimate of drug-likeness (QED) is 0.918. The first kappa shape index (κ1) is 12.3. The molecule has 5 nitrogen and oxygen atoms in total. The van der Waals surface area contributed by atoms with Gasteiger partial charge in [-0.25, -0.2) is 9.97 Å². The van der Waals surface area contributed by atoms with Gasteiger partial charge < -0.3 is 14.8 Å². The number of hydrogen-bond donors (Lipinski definition) is 1. The molecule has 2 aromatic heterocycles. The maximum Gasteiger partial charge on any atom is 0.186 e. The van der Waals surface area contributed by atoms with E-state index in [0.717, 1.165) is 25.5 Å². The number of aryl methyl sites for hydroxylation is 1. The van der Waals surface area contributed by atoms with Gasteiger partial charge in [0.05, 0.1) is 18.3 Å². The number of imidazole rings is 1. The number of aromatic nitrogens is 3. The summed E-state index contributed by atoms with van der Waals surface area (Å²) in [7, 11) is 2.04.